The molecule has 0 heterocycles. The van der Waals surface area contributed by atoms with Gasteiger partial charge in [-0.2, -0.15) is 0 Å². The van der Waals surface area contributed by atoms with E-state index in [2.05, 4.69) is 68.9 Å². The lowest BCUT2D eigenvalue weighted by Gasteiger charge is -2.48. The second-order valence-electron chi connectivity index (χ2n) is 10.3. The van der Waals surface area contributed by atoms with Gasteiger partial charge in [-0.15, -0.1) is 6.58 Å². The summed E-state index contributed by atoms with van der Waals surface area (Å²) in [5.74, 6) is 0. The first-order chi connectivity index (χ1) is 16.2. The van der Waals surface area contributed by atoms with Crippen LogP contribution in [-0.2, 0) is 12.3 Å². The molecule has 0 aromatic heterocycles. The van der Waals surface area contributed by atoms with Crippen LogP contribution in [0.1, 0.15) is 101 Å². The number of rotatable bonds is 23. The van der Waals surface area contributed by atoms with Crippen LogP contribution in [0.3, 0.4) is 0 Å². The van der Waals surface area contributed by atoms with Crippen molar-refractivity contribution in [1.82, 2.24) is 0 Å². The minimum absolute atomic E-state index is 1.03. The Labute approximate surface area is 219 Å². The Morgan fingerprint density at radius 3 is 1.06 bits per heavy atom. The van der Waals surface area contributed by atoms with Gasteiger partial charge in [0.1, 0.15) is 0 Å². The standard InChI is InChI=1S/C27H62O3Si4/c1-11-21-22-23-24-25-26-27-34(28-31(12-2,13-3)14-4,29-32(15-5,16-6)17-7)30-33(18-8,19-9)20-10/h11H,1,12-27H2,2-10H3. The third-order valence-corrected chi connectivity index (χ3v) is 30.3. The Balaban J connectivity index is 6.27. The number of hydrogen-bond donors (Lipinski definition) is 0. The van der Waals surface area contributed by atoms with Crippen LogP contribution in [0.2, 0.25) is 60.4 Å². The number of unbranched alkanes of at least 4 members (excludes halogenated alkanes) is 5. The van der Waals surface area contributed by atoms with Crippen LogP contribution in [0, 0.1) is 0 Å². The summed E-state index contributed by atoms with van der Waals surface area (Å²) in [7, 11) is -8.41. The maximum Gasteiger partial charge on any atom is 0.469 e. The summed E-state index contributed by atoms with van der Waals surface area (Å²) < 4.78 is 22.6. The van der Waals surface area contributed by atoms with E-state index in [9.17, 15) is 0 Å². The van der Waals surface area contributed by atoms with Crippen LogP contribution < -0.4 is 0 Å². The van der Waals surface area contributed by atoms with Gasteiger partial charge in [-0.3, -0.25) is 0 Å². The summed E-state index contributed by atoms with van der Waals surface area (Å²) in [6.07, 6.45) is 9.50. The molecule has 0 aliphatic carbocycles. The minimum atomic E-state index is -2.80. The molecule has 0 amide bonds. The number of allylic oxidation sites excluding steroid dienone is 1. The van der Waals surface area contributed by atoms with Crippen molar-refractivity contribution in [2.45, 2.75) is 161 Å². The third-order valence-electron chi connectivity index (χ3n) is 8.81. The first kappa shape index (κ1) is 34.5. The fraction of sp³-hybridized carbons (Fsp3) is 0.926. The van der Waals surface area contributed by atoms with Crippen LogP contribution in [0.25, 0.3) is 0 Å². The SMILES string of the molecule is C=CCCCCCCC[Si](O[Si](CC)(CC)CC)(O[Si](CC)(CC)CC)O[Si](CC)(CC)CC. The van der Waals surface area contributed by atoms with E-state index in [0.29, 0.717) is 0 Å². The van der Waals surface area contributed by atoms with E-state index in [1.807, 2.05) is 6.08 Å². The Bertz CT molecular complexity index is 438. The van der Waals surface area contributed by atoms with Crippen molar-refractivity contribution in [3.8, 4) is 0 Å². The molecule has 0 fully saturated rings. The molecule has 0 rings (SSSR count). The molecule has 0 spiro atoms. The Kier molecular flexibility index (Phi) is 18.1. The van der Waals surface area contributed by atoms with Crippen molar-refractivity contribution >= 4 is 33.8 Å². The molecular weight excluding hydrogens is 485 g/mol. The van der Waals surface area contributed by atoms with Crippen LogP contribution >= 0.6 is 0 Å². The first-order valence-electron chi connectivity index (χ1n) is 14.9. The highest BCUT2D eigenvalue weighted by atomic mass is 28.5. The second kappa shape index (κ2) is 17.9. The van der Waals surface area contributed by atoms with Crippen molar-refractivity contribution in [2.24, 2.45) is 0 Å². The van der Waals surface area contributed by atoms with Crippen molar-refractivity contribution in [3.63, 3.8) is 0 Å². The van der Waals surface area contributed by atoms with Gasteiger partial charge in [-0.1, -0.05) is 87.7 Å². The molecule has 0 saturated heterocycles. The molecule has 0 bridgehead atoms. The van der Waals surface area contributed by atoms with Gasteiger partial charge in [0.15, 0.2) is 25.0 Å². The lowest BCUT2D eigenvalue weighted by atomic mass is 10.1. The topological polar surface area (TPSA) is 27.7 Å². The minimum Gasteiger partial charge on any atom is -0.416 e. The normalized spacial score (nSPS) is 13.4. The first-order valence-corrected chi connectivity index (χ1v) is 24.5. The summed E-state index contributed by atoms with van der Waals surface area (Å²) in [5, 5.41) is 0. The van der Waals surface area contributed by atoms with Gasteiger partial charge in [0.05, 0.1) is 0 Å². The largest absolute Gasteiger partial charge is 0.469 e. The van der Waals surface area contributed by atoms with Gasteiger partial charge >= 0.3 is 8.80 Å². The zero-order valence-electron chi connectivity index (χ0n) is 24.8. The highest BCUT2D eigenvalue weighted by Gasteiger charge is 2.54. The molecule has 0 aliphatic rings. The predicted molar refractivity (Wildman–Crippen MR) is 163 cm³/mol. The molecule has 0 unspecified atom stereocenters. The van der Waals surface area contributed by atoms with Crippen molar-refractivity contribution in [2.75, 3.05) is 0 Å². The van der Waals surface area contributed by atoms with Gasteiger partial charge in [0, 0.05) is 6.04 Å². The highest BCUT2D eigenvalue weighted by molar-refractivity contribution is 6.92. The van der Waals surface area contributed by atoms with Gasteiger partial charge in [-0.25, -0.2) is 0 Å². The van der Waals surface area contributed by atoms with Gasteiger partial charge in [-0.05, 0) is 73.7 Å². The van der Waals surface area contributed by atoms with Crippen LogP contribution in [-0.4, -0.2) is 33.8 Å². The monoisotopic (exact) mass is 546 g/mol. The molecule has 0 radical (unpaired) electrons. The Morgan fingerprint density at radius 1 is 0.471 bits per heavy atom. The molecule has 0 aliphatic heterocycles. The maximum absolute atomic E-state index is 7.53. The lowest BCUT2D eigenvalue weighted by Crippen LogP contribution is -2.64. The van der Waals surface area contributed by atoms with E-state index < -0.39 is 33.8 Å². The Hall–Kier alpha value is 0.488. The molecule has 34 heavy (non-hydrogen) atoms. The van der Waals surface area contributed by atoms with E-state index >= 15 is 0 Å². The molecule has 0 N–H and O–H groups in total. The van der Waals surface area contributed by atoms with Gasteiger partial charge in [0.2, 0.25) is 0 Å². The average molecular weight is 547 g/mol. The summed E-state index contributed by atoms with van der Waals surface area (Å²) in [5.41, 5.74) is 0. The predicted octanol–water partition coefficient (Wildman–Crippen LogP) is 10.5. The molecule has 0 aromatic carbocycles. The van der Waals surface area contributed by atoms with Crippen molar-refractivity contribution in [3.05, 3.63) is 12.7 Å². The fourth-order valence-electron chi connectivity index (χ4n) is 5.27. The van der Waals surface area contributed by atoms with E-state index in [1.54, 1.807) is 0 Å². The fourth-order valence-corrected chi connectivity index (χ4v) is 26.4. The molecule has 3 nitrogen and oxygen atoms in total. The van der Waals surface area contributed by atoms with Crippen LogP contribution in [0.4, 0.5) is 0 Å². The zero-order valence-corrected chi connectivity index (χ0v) is 28.8. The van der Waals surface area contributed by atoms with E-state index in [1.165, 1.54) is 86.5 Å². The quantitative estimate of drug-likeness (QED) is 0.0724. The summed E-state index contributed by atoms with van der Waals surface area (Å²) in [6.45, 7) is 25.1. The van der Waals surface area contributed by atoms with Gasteiger partial charge < -0.3 is 12.3 Å². The molecule has 0 saturated carbocycles. The average Bonchev–Trinajstić information content (AvgIpc) is 2.89. The van der Waals surface area contributed by atoms with Crippen LogP contribution in [0.15, 0.2) is 12.7 Å². The summed E-state index contributed by atoms with van der Waals surface area (Å²) in [6, 6.07) is 11.5. The van der Waals surface area contributed by atoms with Gasteiger partial charge in [0.25, 0.3) is 0 Å². The molecule has 0 atom stereocenters. The molecule has 204 valence electrons. The summed E-state index contributed by atoms with van der Waals surface area (Å²) in [4.78, 5) is 0. The number of hydrogen-bond acceptors (Lipinski definition) is 3. The molecule has 0 aromatic rings. The maximum atomic E-state index is 7.53. The summed E-state index contributed by atoms with van der Waals surface area (Å²) >= 11 is 0. The zero-order chi connectivity index (χ0) is 26.1. The van der Waals surface area contributed by atoms with E-state index in [0.717, 1.165) is 12.5 Å². The molecular formula is C27H62O3Si4. The van der Waals surface area contributed by atoms with Crippen LogP contribution in [0.5, 0.6) is 0 Å². The van der Waals surface area contributed by atoms with Crippen molar-refractivity contribution in [1.29, 1.82) is 0 Å². The smallest absolute Gasteiger partial charge is 0.416 e. The molecule has 7 heteroatoms. The Morgan fingerprint density at radius 2 is 0.765 bits per heavy atom. The van der Waals surface area contributed by atoms with E-state index in [4.69, 9.17) is 12.3 Å². The van der Waals surface area contributed by atoms with Crippen molar-refractivity contribution < 1.29 is 12.3 Å². The van der Waals surface area contributed by atoms with E-state index in [-0.39, 0.29) is 0 Å². The third kappa shape index (κ3) is 10.5. The highest BCUT2D eigenvalue weighted by Crippen LogP contribution is 2.39. The lowest BCUT2D eigenvalue weighted by molar-refractivity contribution is 0.237. The second-order valence-corrected chi connectivity index (χ2v) is 28.1.